The Morgan fingerprint density at radius 1 is 1.19 bits per heavy atom. The Labute approximate surface area is 155 Å². The fourth-order valence-electron chi connectivity index (χ4n) is 2.62. The van der Waals surface area contributed by atoms with Gasteiger partial charge in [0, 0.05) is 24.9 Å². The second kappa shape index (κ2) is 9.09. The number of aromatic amines is 1. The molecule has 0 spiro atoms. The molecular weight excluding hydrogens is 355 g/mol. The van der Waals surface area contributed by atoms with Crippen molar-refractivity contribution in [2.75, 3.05) is 26.9 Å². The van der Waals surface area contributed by atoms with E-state index >= 15 is 0 Å². The van der Waals surface area contributed by atoms with Gasteiger partial charge in [0.1, 0.15) is 11.5 Å². The molecule has 1 heterocycles. The lowest BCUT2D eigenvalue weighted by Crippen LogP contribution is -2.33. The number of H-pyrrole nitrogens is 1. The number of halogens is 1. The fourth-order valence-corrected chi connectivity index (χ4v) is 2.62. The molecule has 27 heavy (non-hydrogen) atoms. The molecule has 0 atom stereocenters. The smallest absolute Gasteiger partial charge is 0.340 e. The van der Waals surface area contributed by atoms with Gasteiger partial charge in [-0.1, -0.05) is 12.1 Å². The maximum absolute atomic E-state index is 13.3. The summed E-state index contributed by atoms with van der Waals surface area (Å²) in [7, 11) is 1.47. The number of ketones is 1. The third-order valence-electron chi connectivity index (χ3n) is 3.82. The third kappa shape index (κ3) is 4.59. The summed E-state index contributed by atoms with van der Waals surface area (Å²) in [5.74, 6) is -2.78. The van der Waals surface area contributed by atoms with Gasteiger partial charge in [-0.05, 0) is 31.5 Å². The number of rotatable bonds is 8. The molecule has 2 N–H and O–H groups in total. The van der Waals surface area contributed by atoms with Crippen LogP contribution in [0.5, 0.6) is 0 Å². The summed E-state index contributed by atoms with van der Waals surface area (Å²) in [5, 5.41) is 2.44. The van der Waals surface area contributed by atoms with E-state index in [0.29, 0.717) is 11.3 Å². The number of hydrogen-bond donors (Lipinski definition) is 2. The lowest BCUT2D eigenvalue weighted by Gasteiger charge is -2.08. The SMILES string of the molecule is CCOC(=O)c1c(C)[nH]c(C(=O)C(=O)NCCOC)c1-c1ccc(F)cc1. The lowest BCUT2D eigenvalue weighted by atomic mass is 9.98. The maximum Gasteiger partial charge on any atom is 0.340 e. The molecule has 0 saturated carbocycles. The fraction of sp³-hybridized carbons (Fsp3) is 0.316. The van der Waals surface area contributed by atoms with Gasteiger partial charge in [-0.15, -0.1) is 0 Å². The van der Waals surface area contributed by atoms with Crippen LogP contribution >= 0.6 is 0 Å². The number of methoxy groups -OCH3 is 1. The van der Waals surface area contributed by atoms with Crippen molar-refractivity contribution < 1.29 is 28.2 Å². The van der Waals surface area contributed by atoms with E-state index in [1.54, 1.807) is 13.8 Å². The number of amides is 1. The number of carbonyl (C=O) groups is 3. The predicted molar refractivity (Wildman–Crippen MR) is 96.1 cm³/mol. The standard InChI is InChI=1S/C19H21FN2O5/c1-4-27-19(25)14-11(2)22-16(17(23)18(24)21-9-10-26-3)15(14)12-5-7-13(20)8-6-12/h5-8,22H,4,9-10H2,1-3H3,(H,21,24). The van der Waals surface area contributed by atoms with E-state index in [1.807, 2.05) is 0 Å². The number of carbonyl (C=O) groups excluding carboxylic acids is 3. The van der Waals surface area contributed by atoms with E-state index < -0.39 is 23.5 Å². The Bertz CT molecular complexity index is 843. The minimum atomic E-state index is -0.843. The third-order valence-corrected chi connectivity index (χ3v) is 3.82. The van der Waals surface area contributed by atoms with Crippen molar-refractivity contribution in [1.29, 1.82) is 0 Å². The van der Waals surface area contributed by atoms with Crippen molar-refractivity contribution in [3.63, 3.8) is 0 Å². The van der Waals surface area contributed by atoms with Gasteiger partial charge in [-0.25, -0.2) is 9.18 Å². The minimum Gasteiger partial charge on any atom is -0.462 e. The Morgan fingerprint density at radius 3 is 2.44 bits per heavy atom. The van der Waals surface area contributed by atoms with Gasteiger partial charge in [0.2, 0.25) is 0 Å². The molecule has 144 valence electrons. The summed E-state index contributed by atoms with van der Waals surface area (Å²) in [6.07, 6.45) is 0. The maximum atomic E-state index is 13.3. The molecule has 0 aliphatic rings. The summed E-state index contributed by atoms with van der Waals surface area (Å²) in [5.41, 5.74) is 1.07. The number of aromatic nitrogens is 1. The van der Waals surface area contributed by atoms with E-state index in [4.69, 9.17) is 9.47 Å². The van der Waals surface area contributed by atoms with Crippen LogP contribution < -0.4 is 5.32 Å². The Morgan fingerprint density at radius 2 is 1.85 bits per heavy atom. The second-order valence-corrected chi connectivity index (χ2v) is 5.68. The summed E-state index contributed by atoms with van der Waals surface area (Å²) in [6, 6.07) is 5.28. The van der Waals surface area contributed by atoms with Gasteiger partial charge in [-0.3, -0.25) is 9.59 Å². The van der Waals surface area contributed by atoms with Gasteiger partial charge in [0.15, 0.2) is 0 Å². The van der Waals surface area contributed by atoms with Crippen LogP contribution in [0.15, 0.2) is 24.3 Å². The quantitative estimate of drug-likeness (QED) is 0.319. The molecule has 1 amide bonds. The summed E-state index contributed by atoms with van der Waals surface area (Å²) < 4.78 is 23.2. The Hall–Kier alpha value is -3.00. The molecule has 1 aromatic heterocycles. The van der Waals surface area contributed by atoms with Crippen molar-refractivity contribution in [2.24, 2.45) is 0 Å². The highest BCUT2D eigenvalue weighted by atomic mass is 19.1. The monoisotopic (exact) mass is 376 g/mol. The van der Waals surface area contributed by atoms with Crippen molar-refractivity contribution in [2.45, 2.75) is 13.8 Å². The molecule has 0 fully saturated rings. The summed E-state index contributed by atoms with van der Waals surface area (Å²) in [6.45, 7) is 3.82. The number of Topliss-reactive ketones (excluding diaryl/α,β-unsaturated/α-hetero) is 1. The number of hydrogen-bond acceptors (Lipinski definition) is 5. The predicted octanol–water partition coefficient (Wildman–Crippen LogP) is 2.25. The van der Waals surface area contributed by atoms with Gasteiger partial charge in [0.05, 0.1) is 18.8 Å². The molecule has 0 saturated heterocycles. The van der Waals surface area contributed by atoms with Crippen LogP contribution in [-0.2, 0) is 14.3 Å². The Balaban J connectivity index is 2.52. The molecular formula is C19H21FN2O5. The topological polar surface area (TPSA) is 97.5 Å². The van der Waals surface area contributed by atoms with E-state index in [2.05, 4.69) is 10.3 Å². The number of aryl methyl sites for hydroxylation is 1. The molecule has 8 heteroatoms. The highest BCUT2D eigenvalue weighted by molar-refractivity contribution is 6.43. The zero-order chi connectivity index (χ0) is 20.0. The molecule has 1 aromatic carbocycles. The first-order chi connectivity index (χ1) is 12.9. The van der Waals surface area contributed by atoms with Crippen molar-refractivity contribution in [3.8, 4) is 11.1 Å². The second-order valence-electron chi connectivity index (χ2n) is 5.68. The van der Waals surface area contributed by atoms with E-state index in [-0.39, 0.29) is 36.6 Å². The normalized spacial score (nSPS) is 10.5. The first kappa shape index (κ1) is 20.3. The molecule has 0 aliphatic heterocycles. The molecule has 0 aliphatic carbocycles. The Kier molecular flexibility index (Phi) is 6.84. The molecule has 0 unspecified atom stereocenters. The average molecular weight is 376 g/mol. The van der Waals surface area contributed by atoms with Crippen LogP contribution in [0.4, 0.5) is 4.39 Å². The van der Waals surface area contributed by atoms with Gasteiger partial charge in [-0.2, -0.15) is 0 Å². The van der Waals surface area contributed by atoms with Crippen LogP contribution in [-0.4, -0.2) is 49.5 Å². The summed E-state index contributed by atoms with van der Waals surface area (Å²) >= 11 is 0. The molecule has 2 rings (SSSR count). The zero-order valence-electron chi connectivity index (χ0n) is 15.3. The van der Waals surface area contributed by atoms with Crippen molar-refractivity contribution >= 4 is 17.7 Å². The van der Waals surface area contributed by atoms with Gasteiger partial charge < -0.3 is 19.8 Å². The van der Waals surface area contributed by atoms with E-state index in [1.165, 1.54) is 31.4 Å². The first-order valence-electron chi connectivity index (χ1n) is 8.37. The van der Waals surface area contributed by atoms with E-state index in [0.717, 1.165) is 0 Å². The van der Waals surface area contributed by atoms with Crippen LogP contribution in [0.25, 0.3) is 11.1 Å². The summed E-state index contributed by atoms with van der Waals surface area (Å²) in [4.78, 5) is 40.0. The van der Waals surface area contributed by atoms with Crippen molar-refractivity contribution in [3.05, 3.63) is 47.0 Å². The van der Waals surface area contributed by atoms with Crippen LogP contribution in [0.2, 0.25) is 0 Å². The van der Waals surface area contributed by atoms with Crippen LogP contribution in [0, 0.1) is 12.7 Å². The highest BCUT2D eigenvalue weighted by Crippen LogP contribution is 2.31. The highest BCUT2D eigenvalue weighted by Gasteiger charge is 2.29. The zero-order valence-corrected chi connectivity index (χ0v) is 15.3. The van der Waals surface area contributed by atoms with Crippen LogP contribution in [0.3, 0.4) is 0 Å². The first-order valence-corrected chi connectivity index (χ1v) is 8.37. The largest absolute Gasteiger partial charge is 0.462 e. The average Bonchev–Trinajstić information content (AvgIpc) is 2.99. The molecule has 0 bridgehead atoms. The molecule has 0 radical (unpaired) electrons. The molecule has 2 aromatic rings. The minimum absolute atomic E-state index is 0.0583. The van der Waals surface area contributed by atoms with Gasteiger partial charge >= 0.3 is 5.97 Å². The number of nitrogens with one attached hydrogen (secondary N) is 2. The number of ether oxygens (including phenoxy) is 2. The molecule has 7 nitrogen and oxygen atoms in total. The lowest BCUT2D eigenvalue weighted by molar-refractivity contribution is -0.117. The van der Waals surface area contributed by atoms with E-state index in [9.17, 15) is 18.8 Å². The number of benzene rings is 1. The van der Waals surface area contributed by atoms with Crippen LogP contribution in [0.1, 0.15) is 33.5 Å². The number of esters is 1. The van der Waals surface area contributed by atoms with Crippen molar-refractivity contribution in [1.82, 2.24) is 10.3 Å². The van der Waals surface area contributed by atoms with Gasteiger partial charge in [0.25, 0.3) is 11.7 Å².